The Balaban J connectivity index is 2.35. The van der Waals surface area contributed by atoms with Crippen LogP contribution in [0.25, 0.3) is 0 Å². The highest BCUT2D eigenvalue weighted by atomic mass is 16.5. The van der Waals surface area contributed by atoms with Crippen LogP contribution in [0.3, 0.4) is 0 Å². The third kappa shape index (κ3) is 1.94. The van der Waals surface area contributed by atoms with Gasteiger partial charge in [0.15, 0.2) is 0 Å². The monoisotopic (exact) mass is 145 g/mol. The van der Waals surface area contributed by atoms with E-state index >= 15 is 0 Å². The second-order valence-electron chi connectivity index (χ2n) is 2.97. The van der Waals surface area contributed by atoms with Crippen LogP contribution in [0.4, 0.5) is 0 Å². The Bertz CT molecular complexity index is 97.8. The van der Waals surface area contributed by atoms with E-state index in [0.717, 1.165) is 13.1 Å². The molecule has 0 aromatic rings. The summed E-state index contributed by atoms with van der Waals surface area (Å²) in [5.41, 5.74) is 0. The molecule has 0 spiro atoms. The van der Waals surface area contributed by atoms with Gasteiger partial charge in [0.05, 0.1) is 18.8 Å². The topological polar surface area (TPSA) is 32.7 Å². The van der Waals surface area contributed by atoms with Gasteiger partial charge < -0.3 is 14.7 Å². The summed E-state index contributed by atoms with van der Waals surface area (Å²) >= 11 is 0. The highest BCUT2D eigenvalue weighted by molar-refractivity contribution is 4.72. The van der Waals surface area contributed by atoms with Crippen LogP contribution in [0.5, 0.6) is 0 Å². The molecule has 0 aromatic carbocycles. The normalized spacial score (nSPS) is 36.3. The summed E-state index contributed by atoms with van der Waals surface area (Å²) in [4.78, 5) is 2.18. The first-order valence-electron chi connectivity index (χ1n) is 3.67. The quantitative estimate of drug-likeness (QED) is 0.550. The Labute approximate surface area is 61.6 Å². The molecule has 1 saturated heterocycles. The minimum atomic E-state index is 0.0220. The first-order valence-corrected chi connectivity index (χ1v) is 3.67. The fourth-order valence-electron chi connectivity index (χ4n) is 1.38. The van der Waals surface area contributed by atoms with E-state index in [4.69, 9.17) is 9.84 Å². The predicted molar refractivity (Wildman–Crippen MR) is 38.9 cm³/mol. The second kappa shape index (κ2) is 3.32. The number of likely N-dealkylation sites (N-methyl/N-ethyl adjacent to an activating group) is 1. The summed E-state index contributed by atoms with van der Waals surface area (Å²) in [6, 6.07) is 0. The fraction of sp³-hybridized carbons (Fsp3) is 1.00. The van der Waals surface area contributed by atoms with Crippen molar-refractivity contribution in [2.24, 2.45) is 0 Å². The Kier molecular flexibility index (Phi) is 2.65. The van der Waals surface area contributed by atoms with Crippen LogP contribution < -0.4 is 0 Å². The van der Waals surface area contributed by atoms with E-state index in [1.807, 2.05) is 14.0 Å². The van der Waals surface area contributed by atoms with Crippen molar-refractivity contribution in [1.82, 2.24) is 4.90 Å². The minimum Gasteiger partial charge on any atom is -0.394 e. The average Bonchev–Trinajstić information content (AvgIpc) is 1.85. The molecule has 1 rings (SSSR count). The summed E-state index contributed by atoms with van der Waals surface area (Å²) in [5, 5.41) is 8.77. The number of rotatable bonds is 1. The van der Waals surface area contributed by atoms with Gasteiger partial charge in [-0.15, -0.1) is 0 Å². The molecule has 1 aliphatic heterocycles. The van der Waals surface area contributed by atoms with E-state index in [1.165, 1.54) is 0 Å². The van der Waals surface area contributed by atoms with Gasteiger partial charge in [-0.2, -0.15) is 0 Å². The maximum Gasteiger partial charge on any atom is 0.0936 e. The lowest BCUT2D eigenvalue weighted by Crippen LogP contribution is -2.45. The number of nitrogens with zero attached hydrogens (tertiary/aromatic N) is 1. The van der Waals surface area contributed by atoms with Gasteiger partial charge in [-0.05, 0) is 14.0 Å². The molecule has 0 amide bonds. The van der Waals surface area contributed by atoms with E-state index in [-0.39, 0.29) is 18.8 Å². The highest BCUT2D eigenvalue weighted by Crippen LogP contribution is 2.07. The molecule has 0 radical (unpaired) electrons. The van der Waals surface area contributed by atoms with Crippen LogP contribution in [-0.4, -0.2) is 49.0 Å². The smallest absolute Gasteiger partial charge is 0.0936 e. The van der Waals surface area contributed by atoms with Gasteiger partial charge in [0.2, 0.25) is 0 Å². The fourth-order valence-corrected chi connectivity index (χ4v) is 1.38. The largest absolute Gasteiger partial charge is 0.394 e. The molecule has 1 N–H and O–H groups in total. The maximum absolute atomic E-state index is 8.77. The van der Waals surface area contributed by atoms with Gasteiger partial charge in [-0.25, -0.2) is 0 Å². The first-order chi connectivity index (χ1) is 4.72. The number of aliphatic hydroxyl groups is 1. The molecule has 1 fully saturated rings. The SMILES string of the molecule is CC1CN(C)C[C@@H](CO)O1. The van der Waals surface area contributed by atoms with Crippen LogP contribution in [-0.2, 0) is 4.74 Å². The van der Waals surface area contributed by atoms with Crippen LogP contribution in [0.1, 0.15) is 6.92 Å². The van der Waals surface area contributed by atoms with Gasteiger partial charge in [0, 0.05) is 13.1 Å². The van der Waals surface area contributed by atoms with E-state index in [1.54, 1.807) is 0 Å². The molecular formula is C7H15NO2. The van der Waals surface area contributed by atoms with E-state index in [9.17, 15) is 0 Å². The Hall–Kier alpha value is -0.120. The average molecular weight is 145 g/mol. The summed E-state index contributed by atoms with van der Waals surface area (Å²) in [7, 11) is 2.04. The number of hydrogen-bond acceptors (Lipinski definition) is 3. The summed E-state index contributed by atoms with van der Waals surface area (Å²) in [5.74, 6) is 0. The molecule has 60 valence electrons. The lowest BCUT2D eigenvalue weighted by Gasteiger charge is -2.33. The third-order valence-electron chi connectivity index (χ3n) is 1.71. The molecule has 0 aromatic heterocycles. The van der Waals surface area contributed by atoms with Gasteiger partial charge >= 0.3 is 0 Å². The number of aliphatic hydroxyl groups excluding tert-OH is 1. The molecule has 1 aliphatic rings. The standard InChI is InChI=1S/C7H15NO2/c1-6-3-8(2)4-7(5-9)10-6/h6-7,9H,3-5H2,1-2H3/t6?,7-/m0/s1. The van der Waals surface area contributed by atoms with E-state index in [0.29, 0.717) is 0 Å². The third-order valence-corrected chi connectivity index (χ3v) is 1.71. The van der Waals surface area contributed by atoms with Gasteiger partial charge in [-0.1, -0.05) is 0 Å². The second-order valence-corrected chi connectivity index (χ2v) is 2.97. The van der Waals surface area contributed by atoms with Crippen molar-refractivity contribution in [2.45, 2.75) is 19.1 Å². The minimum absolute atomic E-state index is 0.0220. The molecular weight excluding hydrogens is 130 g/mol. The number of hydrogen-bond donors (Lipinski definition) is 1. The zero-order valence-electron chi connectivity index (χ0n) is 6.58. The zero-order valence-corrected chi connectivity index (χ0v) is 6.58. The van der Waals surface area contributed by atoms with Crippen molar-refractivity contribution in [3.8, 4) is 0 Å². The Morgan fingerprint density at radius 1 is 1.60 bits per heavy atom. The molecule has 1 heterocycles. The van der Waals surface area contributed by atoms with Crippen molar-refractivity contribution in [1.29, 1.82) is 0 Å². The van der Waals surface area contributed by atoms with E-state index < -0.39 is 0 Å². The Morgan fingerprint density at radius 2 is 2.30 bits per heavy atom. The first kappa shape index (κ1) is 7.98. The number of morpholine rings is 1. The molecule has 3 nitrogen and oxygen atoms in total. The highest BCUT2D eigenvalue weighted by Gasteiger charge is 2.21. The molecule has 0 bridgehead atoms. The van der Waals surface area contributed by atoms with Crippen molar-refractivity contribution < 1.29 is 9.84 Å². The van der Waals surface area contributed by atoms with Gasteiger partial charge in [-0.3, -0.25) is 0 Å². The molecule has 10 heavy (non-hydrogen) atoms. The van der Waals surface area contributed by atoms with Crippen LogP contribution in [0.2, 0.25) is 0 Å². The molecule has 1 unspecified atom stereocenters. The van der Waals surface area contributed by atoms with Gasteiger partial charge in [0.25, 0.3) is 0 Å². The van der Waals surface area contributed by atoms with Gasteiger partial charge in [0.1, 0.15) is 0 Å². The lowest BCUT2D eigenvalue weighted by atomic mass is 10.2. The van der Waals surface area contributed by atoms with Crippen LogP contribution >= 0.6 is 0 Å². The molecule has 0 aliphatic carbocycles. The predicted octanol–water partition coefficient (Wildman–Crippen LogP) is -0.302. The van der Waals surface area contributed by atoms with Crippen molar-refractivity contribution in [3.05, 3.63) is 0 Å². The van der Waals surface area contributed by atoms with Crippen molar-refractivity contribution in [3.63, 3.8) is 0 Å². The van der Waals surface area contributed by atoms with Crippen LogP contribution in [0, 0.1) is 0 Å². The lowest BCUT2D eigenvalue weighted by molar-refractivity contribution is -0.0887. The molecule has 2 atom stereocenters. The molecule has 3 heteroatoms. The van der Waals surface area contributed by atoms with Crippen molar-refractivity contribution in [2.75, 3.05) is 26.7 Å². The summed E-state index contributed by atoms with van der Waals surface area (Å²) < 4.78 is 5.41. The van der Waals surface area contributed by atoms with Crippen LogP contribution in [0.15, 0.2) is 0 Å². The molecule has 0 saturated carbocycles. The number of ether oxygens (including phenoxy) is 1. The zero-order chi connectivity index (χ0) is 7.56. The summed E-state index contributed by atoms with van der Waals surface area (Å²) in [6.45, 7) is 3.98. The van der Waals surface area contributed by atoms with Crippen molar-refractivity contribution >= 4 is 0 Å². The summed E-state index contributed by atoms with van der Waals surface area (Å²) in [6.07, 6.45) is 0.282. The van der Waals surface area contributed by atoms with E-state index in [2.05, 4.69) is 4.90 Å². The maximum atomic E-state index is 8.77. The Morgan fingerprint density at radius 3 is 2.80 bits per heavy atom.